The number of benzene rings is 1. The molecule has 2 atom stereocenters. The maximum Gasteiger partial charge on any atom is 0.335 e. The third-order valence-electron chi connectivity index (χ3n) is 3.36. The zero-order valence-corrected chi connectivity index (χ0v) is 10.8. The zero-order chi connectivity index (χ0) is 13.8. The van der Waals surface area contributed by atoms with Crippen molar-refractivity contribution in [2.75, 3.05) is 11.9 Å². The highest BCUT2D eigenvalue weighted by molar-refractivity contribution is 5.96. The van der Waals surface area contributed by atoms with Crippen molar-refractivity contribution in [2.45, 2.75) is 25.8 Å². The molecule has 0 aliphatic carbocycles. The number of anilines is 1. The molecule has 102 valence electrons. The van der Waals surface area contributed by atoms with Gasteiger partial charge in [-0.25, -0.2) is 4.79 Å². The molecule has 0 spiro atoms. The van der Waals surface area contributed by atoms with Crippen LogP contribution in [0.3, 0.4) is 0 Å². The number of hydrogen-bond acceptors (Lipinski definition) is 3. The van der Waals surface area contributed by atoms with Crippen molar-refractivity contribution in [3.05, 3.63) is 29.8 Å². The van der Waals surface area contributed by atoms with Crippen LogP contribution in [0.25, 0.3) is 0 Å². The quantitative estimate of drug-likeness (QED) is 0.775. The predicted octanol–water partition coefficient (Wildman–Crippen LogP) is 1.71. The monoisotopic (exact) mass is 262 g/mol. The summed E-state index contributed by atoms with van der Waals surface area (Å²) in [6.07, 6.45) is 1.89. The molecule has 2 unspecified atom stereocenters. The van der Waals surface area contributed by atoms with Gasteiger partial charge in [0, 0.05) is 5.69 Å². The van der Waals surface area contributed by atoms with Crippen LogP contribution in [-0.2, 0) is 4.79 Å². The Hall–Kier alpha value is -1.88. The molecular formula is C14H18N2O3. The Kier molecular flexibility index (Phi) is 4.16. The van der Waals surface area contributed by atoms with Gasteiger partial charge in [0.15, 0.2) is 0 Å². The van der Waals surface area contributed by atoms with E-state index in [2.05, 4.69) is 17.6 Å². The summed E-state index contributed by atoms with van der Waals surface area (Å²) in [5, 5.41) is 14.8. The van der Waals surface area contributed by atoms with Crippen LogP contribution >= 0.6 is 0 Å². The minimum Gasteiger partial charge on any atom is -0.478 e. The Morgan fingerprint density at radius 2 is 2.21 bits per heavy atom. The summed E-state index contributed by atoms with van der Waals surface area (Å²) in [7, 11) is 0. The van der Waals surface area contributed by atoms with Crippen LogP contribution in [0.1, 0.15) is 30.1 Å². The lowest BCUT2D eigenvalue weighted by atomic mass is 9.94. The number of aromatic carboxylic acids is 1. The fourth-order valence-corrected chi connectivity index (χ4v) is 2.27. The molecule has 1 aliphatic heterocycles. The predicted molar refractivity (Wildman–Crippen MR) is 72.2 cm³/mol. The van der Waals surface area contributed by atoms with Gasteiger partial charge in [-0.3, -0.25) is 4.79 Å². The van der Waals surface area contributed by atoms with E-state index in [1.807, 2.05) is 0 Å². The SMILES string of the molecule is CC1CCNC(C(=O)Nc2cccc(C(=O)O)c2)C1. The number of carboxylic acid groups (broad SMARTS) is 1. The molecule has 0 saturated carbocycles. The maximum absolute atomic E-state index is 12.1. The summed E-state index contributed by atoms with van der Waals surface area (Å²) < 4.78 is 0. The van der Waals surface area contributed by atoms with Gasteiger partial charge >= 0.3 is 5.97 Å². The number of piperidine rings is 1. The van der Waals surface area contributed by atoms with Crippen LogP contribution in [0.15, 0.2) is 24.3 Å². The van der Waals surface area contributed by atoms with Gasteiger partial charge in [-0.15, -0.1) is 0 Å². The first kappa shape index (κ1) is 13.5. The number of hydrogen-bond donors (Lipinski definition) is 3. The molecule has 1 saturated heterocycles. The average Bonchev–Trinajstić information content (AvgIpc) is 2.39. The zero-order valence-electron chi connectivity index (χ0n) is 10.8. The fourth-order valence-electron chi connectivity index (χ4n) is 2.27. The largest absolute Gasteiger partial charge is 0.478 e. The molecule has 3 N–H and O–H groups in total. The van der Waals surface area contributed by atoms with Crippen molar-refractivity contribution in [3.8, 4) is 0 Å². The topological polar surface area (TPSA) is 78.4 Å². The number of rotatable bonds is 3. The molecule has 0 bridgehead atoms. The Morgan fingerprint density at radius 1 is 1.42 bits per heavy atom. The van der Waals surface area contributed by atoms with E-state index >= 15 is 0 Å². The Bertz CT molecular complexity index is 487. The molecule has 1 fully saturated rings. The lowest BCUT2D eigenvalue weighted by Crippen LogP contribution is -2.45. The highest BCUT2D eigenvalue weighted by atomic mass is 16.4. The number of carboxylic acids is 1. The minimum atomic E-state index is -1.000. The van der Waals surface area contributed by atoms with Crippen LogP contribution in [-0.4, -0.2) is 29.6 Å². The molecule has 0 aromatic heterocycles. The summed E-state index contributed by atoms with van der Waals surface area (Å²) in [6, 6.07) is 6.08. The smallest absolute Gasteiger partial charge is 0.335 e. The summed E-state index contributed by atoms with van der Waals surface area (Å²) in [5.41, 5.74) is 0.688. The Labute approximate surface area is 112 Å². The van der Waals surface area contributed by atoms with Crippen LogP contribution in [0, 0.1) is 5.92 Å². The molecule has 5 heteroatoms. The molecule has 1 aliphatic rings. The Morgan fingerprint density at radius 3 is 2.89 bits per heavy atom. The number of amides is 1. The van der Waals surface area contributed by atoms with Crippen LogP contribution in [0.4, 0.5) is 5.69 Å². The van der Waals surface area contributed by atoms with E-state index < -0.39 is 5.97 Å². The van der Waals surface area contributed by atoms with E-state index in [1.54, 1.807) is 12.1 Å². The van der Waals surface area contributed by atoms with E-state index in [0.29, 0.717) is 11.6 Å². The molecule has 1 aromatic rings. The van der Waals surface area contributed by atoms with Gasteiger partial charge in [-0.2, -0.15) is 0 Å². The van der Waals surface area contributed by atoms with Gasteiger partial charge in [0.05, 0.1) is 11.6 Å². The summed E-state index contributed by atoms with van der Waals surface area (Å²) in [6.45, 7) is 2.97. The number of carbonyl (C=O) groups is 2. The lowest BCUT2D eigenvalue weighted by Gasteiger charge is -2.27. The van der Waals surface area contributed by atoms with Gasteiger partial charge in [-0.1, -0.05) is 13.0 Å². The molecule has 1 amide bonds. The molecular weight excluding hydrogens is 244 g/mol. The van der Waals surface area contributed by atoms with Gasteiger partial charge in [-0.05, 0) is 43.5 Å². The van der Waals surface area contributed by atoms with Crippen molar-refractivity contribution in [2.24, 2.45) is 5.92 Å². The van der Waals surface area contributed by atoms with E-state index in [0.717, 1.165) is 19.4 Å². The van der Waals surface area contributed by atoms with Gasteiger partial charge in [0.2, 0.25) is 5.91 Å². The highest BCUT2D eigenvalue weighted by Gasteiger charge is 2.24. The fraction of sp³-hybridized carbons (Fsp3) is 0.429. The summed E-state index contributed by atoms with van der Waals surface area (Å²) >= 11 is 0. The van der Waals surface area contributed by atoms with Crippen molar-refractivity contribution in [3.63, 3.8) is 0 Å². The maximum atomic E-state index is 12.1. The normalized spacial score (nSPS) is 22.8. The average molecular weight is 262 g/mol. The first-order valence-corrected chi connectivity index (χ1v) is 6.44. The third kappa shape index (κ3) is 3.54. The van der Waals surface area contributed by atoms with Crippen molar-refractivity contribution < 1.29 is 14.7 Å². The molecule has 0 radical (unpaired) electrons. The Balaban J connectivity index is 2.02. The van der Waals surface area contributed by atoms with Crippen LogP contribution in [0.2, 0.25) is 0 Å². The second-order valence-corrected chi connectivity index (χ2v) is 5.01. The van der Waals surface area contributed by atoms with Crippen molar-refractivity contribution in [1.29, 1.82) is 0 Å². The summed E-state index contributed by atoms with van der Waals surface area (Å²) in [5.74, 6) is -0.572. The summed E-state index contributed by atoms with van der Waals surface area (Å²) in [4.78, 5) is 22.9. The van der Waals surface area contributed by atoms with E-state index in [4.69, 9.17) is 5.11 Å². The van der Waals surface area contributed by atoms with Crippen molar-refractivity contribution >= 4 is 17.6 Å². The minimum absolute atomic E-state index is 0.103. The van der Waals surface area contributed by atoms with Gasteiger partial charge in [0.1, 0.15) is 0 Å². The van der Waals surface area contributed by atoms with Crippen LogP contribution in [0.5, 0.6) is 0 Å². The molecule has 1 heterocycles. The molecule has 2 rings (SSSR count). The second kappa shape index (κ2) is 5.84. The number of nitrogens with one attached hydrogen (secondary N) is 2. The van der Waals surface area contributed by atoms with E-state index in [1.165, 1.54) is 12.1 Å². The van der Waals surface area contributed by atoms with E-state index in [-0.39, 0.29) is 17.5 Å². The van der Waals surface area contributed by atoms with E-state index in [9.17, 15) is 9.59 Å². The second-order valence-electron chi connectivity index (χ2n) is 5.01. The molecule has 19 heavy (non-hydrogen) atoms. The molecule has 5 nitrogen and oxygen atoms in total. The molecule has 1 aromatic carbocycles. The third-order valence-corrected chi connectivity index (χ3v) is 3.36. The van der Waals surface area contributed by atoms with Crippen LogP contribution < -0.4 is 10.6 Å². The van der Waals surface area contributed by atoms with Gasteiger partial charge < -0.3 is 15.7 Å². The van der Waals surface area contributed by atoms with Gasteiger partial charge in [0.25, 0.3) is 0 Å². The standard InChI is InChI=1S/C14H18N2O3/c1-9-5-6-15-12(7-9)13(17)16-11-4-2-3-10(8-11)14(18)19/h2-4,8-9,12,15H,5-7H2,1H3,(H,16,17)(H,18,19). The number of carbonyl (C=O) groups excluding carboxylic acids is 1. The first-order valence-electron chi connectivity index (χ1n) is 6.44. The first-order chi connectivity index (χ1) is 9.06. The highest BCUT2D eigenvalue weighted by Crippen LogP contribution is 2.17. The lowest BCUT2D eigenvalue weighted by molar-refractivity contribution is -0.119. The van der Waals surface area contributed by atoms with Crippen molar-refractivity contribution in [1.82, 2.24) is 5.32 Å².